The van der Waals surface area contributed by atoms with Gasteiger partial charge in [0.05, 0.1) is 7.11 Å². The minimum absolute atomic E-state index is 0.543. The number of hydrogen-bond donors (Lipinski definition) is 1. The predicted molar refractivity (Wildman–Crippen MR) is 75.0 cm³/mol. The fraction of sp³-hybridized carbons (Fsp3) is 0.385. The van der Waals surface area contributed by atoms with Crippen molar-refractivity contribution in [2.24, 2.45) is 0 Å². The molecule has 0 bridgehead atoms. The number of hydrogen-bond acceptors (Lipinski definition) is 6. The zero-order valence-electron chi connectivity index (χ0n) is 11.0. The Bertz CT molecular complexity index is 516. The summed E-state index contributed by atoms with van der Waals surface area (Å²) in [5.41, 5.74) is 0. The average molecular weight is 279 g/mol. The van der Waals surface area contributed by atoms with E-state index in [9.17, 15) is 0 Å². The van der Waals surface area contributed by atoms with Crippen molar-refractivity contribution in [1.82, 2.24) is 15.5 Å². The molecule has 0 amide bonds. The lowest BCUT2D eigenvalue weighted by Gasteiger charge is -2.03. The molecule has 19 heavy (non-hydrogen) atoms. The molecule has 0 aliphatic carbocycles. The van der Waals surface area contributed by atoms with Crippen LogP contribution in [0.1, 0.15) is 18.4 Å². The molecular weight excluding hydrogens is 262 g/mol. The van der Waals surface area contributed by atoms with Crippen LogP contribution in [0.4, 0.5) is 0 Å². The van der Waals surface area contributed by atoms with E-state index in [-0.39, 0.29) is 0 Å². The van der Waals surface area contributed by atoms with Crippen molar-refractivity contribution < 1.29 is 9.47 Å². The van der Waals surface area contributed by atoms with E-state index in [1.165, 1.54) is 11.3 Å². The van der Waals surface area contributed by atoms with Crippen LogP contribution in [-0.2, 0) is 6.54 Å². The average Bonchev–Trinajstić information content (AvgIpc) is 2.87. The zero-order valence-corrected chi connectivity index (χ0v) is 11.9. The van der Waals surface area contributed by atoms with E-state index < -0.39 is 0 Å². The molecule has 0 saturated carbocycles. The highest BCUT2D eigenvalue weighted by molar-refractivity contribution is 7.13. The molecule has 0 saturated heterocycles. The molecule has 0 aliphatic rings. The highest BCUT2D eigenvalue weighted by atomic mass is 32.1. The van der Waals surface area contributed by atoms with E-state index in [1.54, 1.807) is 7.11 Å². The topological polar surface area (TPSA) is 56.3 Å². The molecule has 1 aromatic carbocycles. The summed E-state index contributed by atoms with van der Waals surface area (Å²) in [6.45, 7) is 3.84. The van der Waals surface area contributed by atoms with Crippen LogP contribution in [-0.4, -0.2) is 23.9 Å². The lowest BCUT2D eigenvalue weighted by molar-refractivity contribution is 0.408. The quantitative estimate of drug-likeness (QED) is 0.790. The second kappa shape index (κ2) is 7.06. The van der Waals surface area contributed by atoms with Crippen molar-refractivity contribution in [1.29, 1.82) is 0 Å². The minimum atomic E-state index is 0.543. The van der Waals surface area contributed by atoms with E-state index in [0.717, 1.165) is 30.3 Å². The fourth-order valence-corrected chi connectivity index (χ4v) is 2.17. The SMILES string of the molecule is CCCNCc1nnc(Oc2cccc(OC)c2)s1. The largest absolute Gasteiger partial charge is 0.497 e. The molecule has 0 atom stereocenters. The summed E-state index contributed by atoms with van der Waals surface area (Å²) in [5.74, 6) is 1.45. The van der Waals surface area contributed by atoms with Gasteiger partial charge >= 0.3 is 0 Å². The molecule has 0 aliphatic heterocycles. The highest BCUT2D eigenvalue weighted by Crippen LogP contribution is 2.27. The molecule has 2 aromatic rings. The van der Waals surface area contributed by atoms with E-state index in [2.05, 4.69) is 22.4 Å². The van der Waals surface area contributed by atoms with E-state index in [0.29, 0.717) is 10.9 Å². The molecule has 1 heterocycles. The fourth-order valence-electron chi connectivity index (χ4n) is 1.49. The maximum Gasteiger partial charge on any atom is 0.299 e. The third-order valence-corrected chi connectivity index (χ3v) is 3.20. The van der Waals surface area contributed by atoms with Gasteiger partial charge in [0.15, 0.2) is 0 Å². The first-order chi connectivity index (χ1) is 9.31. The zero-order chi connectivity index (χ0) is 13.5. The van der Waals surface area contributed by atoms with Crippen LogP contribution in [0.25, 0.3) is 0 Å². The Morgan fingerprint density at radius 1 is 1.26 bits per heavy atom. The summed E-state index contributed by atoms with van der Waals surface area (Å²) >= 11 is 1.44. The molecule has 1 aromatic heterocycles. The van der Waals surface area contributed by atoms with Gasteiger partial charge in [-0.05, 0) is 25.1 Å². The third-order valence-electron chi connectivity index (χ3n) is 2.40. The van der Waals surface area contributed by atoms with Crippen LogP contribution in [0.5, 0.6) is 16.7 Å². The predicted octanol–water partition coefficient (Wildman–Crippen LogP) is 2.84. The van der Waals surface area contributed by atoms with Gasteiger partial charge in [-0.2, -0.15) is 0 Å². The van der Waals surface area contributed by atoms with Gasteiger partial charge in [-0.15, -0.1) is 5.10 Å². The van der Waals surface area contributed by atoms with Gasteiger partial charge in [0.2, 0.25) is 0 Å². The van der Waals surface area contributed by atoms with Gasteiger partial charge in [0.25, 0.3) is 5.19 Å². The van der Waals surface area contributed by atoms with Gasteiger partial charge in [-0.3, -0.25) is 0 Å². The number of nitrogens with zero attached hydrogens (tertiary/aromatic N) is 2. The monoisotopic (exact) mass is 279 g/mol. The first-order valence-electron chi connectivity index (χ1n) is 6.17. The lowest BCUT2D eigenvalue weighted by Crippen LogP contribution is -2.13. The molecule has 102 valence electrons. The molecule has 2 rings (SSSR count). The Labute approximate surface area is 116 Å². The van der Waals surface area contributed by atoms with Crippen LogP contribution in [0, 0.1) is 0 Å². The van der Waals surface area contributed by atoms with Crippen molar-refractivity contribution in [3.63, 3.8) is 0 Å². The number of benzene rings is 1. The van der Waals surface area contributed by atoms with Crippen molar-refractivity contribution in [3.05, 3.63) is 29.3 Å². The smallest absolute Gasteiger partial charge is 0.299 e. The molecule has 1 N–H and O–H groups in total. The van der Waals surface area contributed by atoms with Crippen LogP contribution in [0.3, 0.4) is 0 Å². The number of ether oxygens (including phenoxy) is 2. The van der Waals surface area contributed by atoms with E-state index in [4.69, 9.17) is 9.47 Å². The number of aromatic nitrogens is 2. The number of methoxy groups -OCH3 is 1. The first kappa shape index (κ1) is 13.8. The van der Waals surface area contributed by atoms with E-state index in [1.807, 2.05) is 24.3 Å². The van der Waals surface area contributed by atoms with Crippen molar-refractivity contribution in [2.45, 2.75) is 19.9 Å². The maximum atomic E-state index is 5.64. The van der Waals surface area contributed by atoms with Gasteiger partial charge in [0, 0.05) is 12.6 Å². The summed E-state index contributed by atoms with van der Waals surface area (Å²) in [7, 11) is 1.63. The Balaban J connectivity index is 1.95. The Morgan fingerprint density at radius 2 is 2.11 bits per heavy atom. The Morgan fingerprint density at radius 3 is 2.89 bits per heavy atom. The normalized spacial score (nSPS) is 10.4. The Hall–Kier alpha value is -1.66. The van der Waals surface area contributed by atoms with Gasteiger partial charge < -0.3 is 14.8 Å². The molecule has 0 unspecified atom stereocenters. The summed E-state index contributed by atoms with van der Waals surface area (Å²) in [6, 6.07) is 7.42. The second-order valence-electron chi connectivity index (χ2n) is 3.92. The third kappa shape index (κ3) is 4.18. The van der Waals surface area contributed by atoms with Crippen molar-refractivity contribution in [3.8, 4) is 16.7 Å². The van der Waals surface area contributed by atoms with Crippen molar-refractivity contribution in [2.75, 3.05) is 13.7 Å². The molecular formula is C13H17N3O2S. The summed E-state index contributed by atoms with van der Waals surface area (Å²) in [5, 5.41) is 12.8. The lowest BCUT2D eigenvalue weighted by atomic mass is 10.3. The summed E-state index contributed by atoms with van der Waals surface area (Å²) in [4.78, 5) is 0. The number of nitrogens with one attached hydrogen (secondary N) is 1. The molecule has 5 nitrogen and oxygen atoms in total. The highest BCUT2D eigenvalue weighted by Gasteiger charge is 2.06. The molecule has 0 fully saturated rings. The summed E-state index contributed by atoms with van der Waals surface area (Å²) < 4.78 is 10.8. The van der Waals surface area contributed by atoms with Gasteiger partial charge in [-0.25, -0.2) is 0 Å². The maximum absolute atomic E-state index is 5.64. The van der Waals surface area contributed by atoms with Crippen LogP contribution in [0.15, 0.2) is 24.3 Å². The molecule has 0 radical (unpaired) electrons. The Kier molecular flexibility index (Phi) is 5.11. The standard InChI is InChI=1S/C13H17N3O2S/c1-3-7-14-9-12-15-16-13(19-12)18-11-6-4-5-10(8-11)17-2/h4-6,8,14H,3,7,9H2,1-2H3. The summed E-state index contributed by atoms with van der Waals surface area (Å²) in [6.07, 6.45) is 1.10. The first-order valence-corrected chi connectivity index (χ1v) is 6.98. The van der Waals surface area contributed by atoms with Crippen LogP contribution in [0.2, 0.25) is 0 Å². The van der Waals surface area contributed by atoms with E-state index >= 15 is 0 Å². The molecule has 6 heteroatoms. The van der Waals surface area contributed by atoms with Crippen LogP contribution < -0.4 is 14.8 Å². The van der Waals surface area contributed by atoms with Gasteiger partial charge in [0.1, 0.15) is 16.5 Å². The van der Waals surface area contributed by atoms with Crippen LogP contribution >= 0.6 is 11.3 Å². The van der Waals surface area contributed by atoms with Crippen molar-refractivity contribution >= 4 is 11.3 Å². The second-order valence-corrected chi connectivity index (χ2v) is 4.94. The van der Waals surface area contributed by atoms with Gasteiger partial charge in [-0.1, -0.05) is 29.4 Å². The number of rotatable bonds is 7. The molecule has 0 spiro atoms. The minimum Gasteiger partial charge on any atom is -0.497 e.